The van der Waals surface area contributed by atoms with E-state index < -0.39 is 0 Å². The van der Waals surface area contributed by atoms with Crippen LogP contribution in [0.2, 0.25) is 0 Å². The number of H-pyrrole nitrogens is 1. The maximum Gasteiger partial charge on any atom is 0.130 e. The quantitative estimate of drug-likeness (QED) is 0.830. The Bertz CT molecular complexity index is 645. The van der Waals surface area contributed by atoms with Crippen LogP contribution in [0, 0.1) is 4.64 Å². The van der Waals surface area contributed by atoms with Gasteiger partial charge in [0.25, 0.3) is 0 Å². The number of aromatic nitrogens is 2. The minimum atomic E-state index is 0.373. The zero-order valence-electron chi connectivity index (χ0n) is 11.1. The van der Waals surface area contributed by atoms with Gasteiger partial charge >= 0.3 is 0 Å². The van der Waals surface area contributed by atoms with Crippen molar-refractivity contribution >= 4 is 12.2 Å². The van der Waals surface area contributed by atoms with Crippen LogP contribution in [0.3, 0.4) is 0 Å². The molecule has 0 bridgehead atoms. The normalized spacial score (nSPS) is 18.1. The highest BCUT2D eigenvalue weighted by atomic mass is 32.1. The van der Waals surface area contributed by atoms with Crippen molar-refractivity contribution in [1.82, 2.24) is 9.97 Å². The van der Waals surface area contributed by atoms with Gasteiger partial charge in [-0.05, 0) is 42.9 Å². The molecule has 1 aromatic heterocycles. The first-order chi connectivity index (χ1) is 9.28. The number of benzene rings is 1. The second-order valence-electron chi connectivity index (χ2n) is 5.13. The molecule has 19 heavy (non-hydrogen) atoms. The van der Waals surface area contributed by atoms with Gasteiger partial charge in [-0.15, -0.1) is 0 Å². The third-order valence-corrected chi connectivity index (χ3v) is 4.11. The number of nitrogens with one attached hydrogen (secondary N) is 1. The van der Waals surface area contributed by atoms with Crippen LogP contribution in [0.15, 0.2) is 30.3 Å². The van der Waals surface area contributed by atoms with Crippen LogP contribution in [-0.2, 0) is 12.8 Å². The first-order valence-corrected chi connectivity index (χ1v) is 7.36. The van der Waals surface area contributed by atoms with E-state index in [1.165, 1.54) is 29.7 Å². The van der Waals surface area contributed by atoms with E-state index in [0.717, 1.165) is 18.7 Å². The molecule has 0 aliphatic heterocycles. The molecule has 1 atom stereocenters. The highest BCUT2D eigenvalue weighted by molar-refractivity contribution is 7.71. The predicted octanol–water partition coefficient (Wildman–Crippen LogP) is 4.17. The Hall–Kier alpha value is -1.48. The molecule has 1 N–H and O–H groups in total. The molecule has 0 fully saturated rings. The molecule has 0 saturated heterocycles. The smallest absolute Gasteiger partial charge is 0.130 e. The summed E-state index contributed by atoms with van der Waals surface area (Å²) in [6.07, 6.45) is 4.52. The van der Waals surface area contributed by atoms with Gasteiger partial charge in [0.1, 0.15) is 10.5 Å². The SMILES string of the molecule is CCc1cc(=S)nc(C2CCCc3ccccc32)[nH]1. The minimum absolute atomic E-state index is 0.373. The molecule has 0 radical (unpaired) electrons. The first-order valence-electron chi connectivity index (χ1n) is 6.96. The van der Waals surface area contributed by atoms with Crippen molar-refractivity contribution < 1.29 is 0 Å². The molecular formula is C16H18N2S. The average molecular weight is 270 g/mol. The van der Waals surface area contributed by atoms with E-state index in [9.17, 15) is 0 Å². The van der Waals surface area contributed by atoms with E-state index in [4.69, 9.17) is 12.2 Å². The first kappa shape index (κ1) is 12.5. The lowest BCUT2D eigenvalue weighted by Gasteiger charge is -2.25. The van der Waals surface area contributed by atoms with Gasteiger partial charge in [-0.1, -0.05) is 43.4 Å². The van der Waals surface area contributed by atoms with E-state index in [1.807, 2.05) is 6.07 Å². The lowest BCUT2D eigenvalue weighted by atomic mass is 9.82. The van der Waals surface area contributed by atoms with Gasteiger partial charge in [-0.2, -0.15) is 0 Å². The molecule has 0 amide bonds. The van der Waals surface area contributed by atoms with E-state index in [0.29, 0.717) is 10.6 Å². The molecule has 0 spiro atoms. The van der Waals surface area contributed by atoms with Crippen LogP contribution in [0.4, 0.5) is 0 Å². The molecule has 1 aliphatic rings. The van der Waals surface area contributed by atoms with Gasteiger partial charge < -0.3 is 4.98 Å². The lowest BCUT2D eigenvalue weighted by Crippen LogP contribution is -2.14. The molecular weight excluding hydrogens is 252 g/mol. The molecule has 2 nitrogen and oxygen atoms in total. The Morgan fingerprint density at radius 1 is 1.37 bits per heavy atom. The zero-order valence-corrected chi connectivity index (χ0v) is 12.0. The zero-order chi connectivity index (χ0) is 13.2. The van der Waals surface area contributed by atoms with Gasteiger partial charge in [0.15, 0.2) is 0 Å². The van der Waals surface area contributed by atoms with E-state index >= 15 is 0 Å². The maximum absolute atomic E-state index is 5.29. The summed E-state index contributed by atoms with van der Waals surface area (Å²) in [5.41, 5.74) is 4.06. The van der Waals surface area contributed by atoms with Crippen molar-refractivity contribution in [3.05, 3.63) is 57.6 Å². The van der Waals surface area contributed by atoms with Crippen molar-refractivity contribution in [3.8, 4) is 0 Å². The lowest BCUT2D eigenvalue weighted by molar-refractivity contribution is 0.587. The molecule has 2 aromatic rings. The number of aromatic amines is 1. The van der Waals surface area contributed by atoms with E-state index in [-0.39, 0.29) is 0 Å². The van der Waals surface area contributed by atoms with Gasteiger partial charge in [-0.25, -0.2) is 4.98 Å². The van der Waals surface area contributed by atoms with Gasteiger partial charge in [0, 0.05) is 11.6 Å². The van der Waals surface area contributed by atoms with Gasteiger partial charge in [-0.3, -0.25) is 0 Å². The molecule has 3 heteroatoms. The Kier molecular flexibility index (Phi) is 3.47. The Morgan fingerprint density at radius 2 is 2.21 bits per heavy atom. The van der Waals surface area contributed by atoms with Crippen molar-refractivity contribution in [2.45, 2.75) is 38.5 Å². The number of nitrogens with zero attached hydrogens (tertiary/aromatic N) is 1. The van der Waals surface area contributed by atoms with Crippen LogP contribution in [0.1, 0.15) is 48.3 Å². The summed E-state index contributed by atoms with van der Waals surface area (Å²) in [4.78, 5) is 8.03. The summed E-state index contributed by atoms with van der Waals surface area (Å²) in [6, 6.07) is 10.7. The minimum Gasteiger partial charge on any atom is -0.347 e. The highest BCUT2D eigenvalue weighted by Gasteiger charge is 2.23. The Balaban J connectivity index is 2.08. The fourth-order valence-corrected chi connectivity index (χ4v) is 3.16. The van der Waals surface area contributed by atoms with Gasteiger partial charge in [0.05, 0.1) is 0 Å². The third kappa shape index (κ3) is 2.47. The highest BCUT2D eigenvalue weighted by Crippen LogP contribution is 2.34. The summed E-state index contributed by atoms with van der Waals surface area (Å²) in [5.74, 6) is 1.41. The predicted molar refractivity (Wildman–Crippen MR) is 80.0 cm³/mol. The monoisotopic (exact) mass is 270 g/mol. The molecule has 0 saturated carbocycles. The fourth-order valence-electron chi connectivity index (χ4n) is 2.92. The molecule has 98 valence electrons. The van der Waals surface area contributed by atoms with Crippen molar-refractivity contribution in [2.24, 2.45) is 0 Å². The number of aryl methyl sites for hydroxylation is 2. The van der Waals surface area contributed by atoms with Crippen LogP contribution < -0.4 is 0 Å². The topological polar surface area (TPSA) is 28.7 Å². The van der Waals surface area contributed by atoms with Crippen LogP contribution in [-0.4, -0.2) is 9.97 Å². The summed E-state index contributed by atoms with van der Waals surface area (Å²) in [5, 5.41) is 0. The van der Waals surface area contributed by atoms with E-state index in [2.05, 4.69) is 41.2 Å². The van der Waals surface area contributed by atoms with Crippen molar-refractivity contribution in [1.29, 1.82) is 0 Å². The Morgan fingerprint density at radius 3 is 3.05 bits per heavy atom. The summed E-state index contributed by atoms with van der Waals surface area (Å²) in [6.45, 7) is 2.14. The Labute approximate surface area is 118 Å². The van der Waals surface area contributed by atoms with Gasteiger partial charge in [0.2, 0.25) is 0 Å². The average Bonchev–Trinajstić information content (AvgIpc) is 2.46. The molecule has 1 aliphatic carbocycles. The summed E-state index contributed by atoms with van der Waals surface area (Å²) < 4.78 is 0.702. The largest absolute Gasteiger partial charge is 0.347 e. The number of fused-ring (bicyclic) bond motifs is 1. The number of hydrogen-bond acceptors (Lipinski definition) is 2. The van der Waals surface area contributed by atoms with Crippen LogP contribution >= 0.6 is 12.2 Å². The molecule has 1 heterocycles. The third-order valence-electron chi connectivity index (χ3n) is 3.90. The van der Waals surface area contributed by atoms with Crippen molar-refractivity contribution in [3.63, 3.8) is 0 Å². The molecule has 3 rings (SSSR count). The van der Waals surface area contributed by atoms with E-state index in [1.54, 1.807) is 0 Å². The number of hydrogen-bond donors (Lipinski definition) is 1. The fraction of sp³-hybridized carbons (Fsp3) is 0.375. The summed E-state index contributed by atoms with van der Waals surface area (Å²) >= 11 is 5.29. The second kappa shape index (κ2) is 5.25. The molecule has 1 aromatic carbocycles. The standard InChI is InChI=1S/C16H18N2S/c1-2-12-10-15(19)18-16(17-12)14-9-5-7-11-6-3-4-8-13(11)14/h3-4,6,8,10,14H,2,5,7,9H2,1H3,(H,17,18,19). The number of rotatable bonds is 2. The van der Waals surface area contributed by atoms with Crippen molar-refractivity contribution in [2.75, 3.05) is 0 Å². The second-order valence-corrected chi connectivity index (χ2v) is 5.55. The summed E-state index contributed by atoms with van der Waals surface area (Å²) in [7, 11) is 0. The van der Waals surface area contributed by atoms with Crippen LogP contribution in [0.25, 0.3) is 0 Å². The molecule has 1 unspecified atom stereocenters. The van der Waals surface area contributed by atoms with Crippen LogP contribution in [0.5, 0.6) is 0 Å². The maximum atomic E-state index is 5.29.